The Morgan fingerprint density at radius 1 is 1.29 bits per heavy atom. The fraction of sp³-hybridized carbons (Fsp3) is 0.250. The summed E-state index contributed by atoms with van der Waals surface area (Å²) < 4.78 is 0. The molecule has 0 unspecified atom stereocenters. The van der Waals surface area contributed by atoms with Gasteiger partial charge in [-0.25, -0.2) is 0 Å². The van der Waals surface area contributed by atoms with Gasteiger partial charge in [0.1, 0.15) is 0 Å². The van der Waals surface area contributed by atoms with Crippen molar-refractivity contribution in [1.82, 2.24) is 4.98 Å². The minimum absolute atomic E-state index is 0.728. The maximum atomic E-state index is 5.69. The third-order valence-corrected chi connectivity index (χ3v) is 2.31. The molecule has 0 amide bonds. The van der Waals surface area contributed by atoms with Crippen molar-refractivity contribution in [2.45, 2.75) is 19.8 Å². The first-order valence-electron chi connectivity index (χ1n) is 4.94. The molecule has 1 heterocycles. The highest BCUT2D eigenvalue weighted by Crippen LogP contribution is 2.17. The topological polar surface area (TPSA) is 38.9 Å². The third-order valence-electron chi connectivity index (χ3n) is 2.31. The van der Waals surface area contributed by atoms with E-state index in [-0.39, 0.29) is 0 Å². The summed E-state index contributed by atoms with van der Waals surface area (Å²) in [5.74, 6) is 0. The van der Waals surface area contributed by atoms with Gasteiger partial charge in [0, 0.05) is 5.39 Å². The second-order valence-corrected chi connectivity index (χ2v) is 3.55. The van der Waals surface area contributed by atoms with Crippen LogP contribution < -0.4 is 5.73 Å². The fourth-order valence-corrected chi connectivity index (χ4v) is 1.64. The minimum atomic E-state index is 0.728. The SMILES string of the molecule is CCCc1ccc2ncc(N)cc2c1. The molecule has 0 bridgehead atoms. The van der Waals surface area contributed by atoms with Crippen molar-refractivity contribution in [2.75, 3.05) is 5.73 Å². The Hall–Kier alpha value is -1.57. The molecule has 72 valence electrons. The summed E-state index contributed by atoms with van der Waals surface area (Å²) in [5.41, 5.74) is 8.78. The first-order valence-corrected chi connectivity index (χ1v) is 4.94. The molecule has 1 aromatic heterocycles. The van der Waals surface area contributed by atoms with Gasteiger partial charge in [0.15, 0.2) is 0 Å². The molecule has 0 aliphatic rings. The van der Waals surface area contributed by atoms with E-state index in [0.717, 1.165) is 23.0 Å². The predicted molar refractivity (Wildman–Crippen MR) is 60.2 cm³/mol. The quantitative estimate of drug-likeness (QED) is 0.783. The summed E-state index contributed by atoms with van der Waals surface area (Å²) in [7, 11) is 0. The summed E-state index contributed by atoms with van der Waals surface area (Å²) in [5, 5.41) is 1.14. The van der Waals surface area contributed by atoms with E-state index in [4.69, 9.17) is 5.73 Å². The molecule has 0 radical (unpaired) electrons. The molecular weight excluding hydrogens is 172 g/mol. The zero-order valence-corrected chi connectivity index (χ0v) is 8.33. The normalized spacial score (nSPS) is 10.6. The number of nitrogens with two attached hydrogens (primary N) is 1. The van der Waals surface area contributed by atoms with Gasteiger partial charge < -0.3 is 5.73 Å². The average Bonchev–Trinajstić information content (AvgIpc) is 2.17. The second kappa shape index (κ2) is 3.66. The molecular formula is C12H14N2. The van der Waals surface area contributed by atoms with E-state index in [1.807, 2.05) is 6.07 Å². The van der Waals surface area contributed by atoms with E-state index in [1.54, 1.807) is 6.20 Å². The van der Waals surface area contributed by atoms with Crippen LogP contribution in [0.2, 0.25) is 0 Å². The van der Waals surface area contributed by atoms with E-state index in [0.29, 0.717) is 0 Å². The van der Waals surface area contributed by atoms with Gasteiger partial charge in [-0.15, -0.1) is 0 Å². The Bertz CT molecular complexity index is 449. The van der Waals surface area contributed by atoms with Crippen LogP contribution in [-0.4, -0.2) is 4.98 Å². The number of nitrogens with zero attached hydrogens (tertiary/aromatic N) is 1. The molecule has 2 heteroatoms. The Kier molecular flexibility index (Phi) is 2.35. The highest BCUT2D eigenvalue weighted by molar-refractivity contribution is 5.81. The second-order valence-electron chi connectivity index (χ2n) is 3.55. The summed E-state index contributed by atoms with van der Waals surface area (Å²) in [6.45, 7) is 2.18. The lowest BCUT2D eigenvalue weighted by Crippen LogP contribution is -1.89. The first-order chi connectivity index (χ1) is 6.79. The van der Waals surface area contributed by atoms with Gasteiger partial charge in [-0.1, -0.05) is 19.4 Å². The smallest absolute Gasteiger partial charge is 0.0703 e. The number of benzene rings is 1. The fourth-order valence-electron chi connectivity index (χ4n) is 1.64. The van der Waals surface area contributed by atoms with Gasteiger partial charge in [0.25, 0.3) is 0 Å². The molecule has 0 saturated carbocycles. The van der Waals surface area contributed by atoms with Crippen LogP contribution >= 0.6 is 0 Å². The van der Waals surface area contributed by atoms with E-state index < -0.39 is 0 Å². The Balaban J connectivity index is 2.52. The molecule has 0 fully saturated rings. The minimum Gasteiger partial charge on any atom is -0.397 e. The van der Waals surface area contributed by atoms with Crippen molar-refractivity contribution < 1.29 is 0 Å². The number of aryl methyl sites for hydroxylation is 1. The van der Waals surface area contributed by atoms with Crippen molar-refractivity contribution in [3.05, 3.63) is 36.0 Å². The monoisotopic (exact) mass is 186 g/mol. The third kappa shape index (κ3) is 1.69. The Morgan fingerprint density at radius 3 is 2.93 bits per heavy atom. The lowest BCUT2D eigenvalue weighted by molar-refractivity contribution is 0.923. The largest absolute Gasteiger partial charge is 0.397 e. The number of rotatable bonds is 2. The zero-order chi connectivity index (χ0) is 9.97. The molecule has 0 aliphatic carbocycles. The maximum absolute atomic E-state index is 5.69. The number of nitrogen functional groups attached to an aromatic ring is 1. The van der Waals surface area contributed by atoms with Crippen LogP contribution in [0.25, 0.3) is 10.9 Å². The zero-order valence-electron chi connectivity index (χ0n) is 8.33. The number of hydrogen-bond acceptors (Lipinski definition) is 2. The number of pyridine rings is 1. The van der Waals surface area contributed by atoms with Crippen LogP contribution in [0, 0.1) is 0 Å². The highest BCUT2D eigenvalue weighted by Gasteiger charge is 1.97. The molecule has 2 N–H and O–H groups in total. The Labute approximate surface area is 83.8 Å². The molecule has 2 aromatic rings. The van der Waals surface area contributed by atoms with Crippen molar-refractivity contribution in [3.8, 4) is 0 Å². The van der Waals surface area contributed by atoms with Crippen LogP contribution in [0.1, 0.15) is 18.9 Å². The number of anilines is 1. The van der Waals surface area contributed by atoms with Crippen molar-refractivity contribution in [1.29, 1.82) is 0 Å². The van der Waals surface area contributed by atoms with E-state index >= 15 is 0 Å². The first kappa shape index (κ1) is 9.00. The van der Waals surface area contributed by atoms with Gasteiger partial charge in [0.05, 0.1) is 17.4 Å². The van der Waals surface area contributed by atoms with Crippen molar-refractivity contribution >= 4 is 16.6 Å². The lowest BCUT2D eigenvalue weighted by atomic mass is 10.1. The summed E-state index contributed by atoms with van der Waals surface area (Å²) in [6.07, 6.45) is 3.98. The number of hydrogen-bond donors (Lipinski definition) is 1. The van der Waals surface area contributed by atoms with Gasteiger partial charge in [-0.05, 0) is 30.2 Å². The molecule has 2 nitrogen and oxygen atoms in total. The molecule has 0 atom stereocenters. The molecule has 1 aromatic carbocycles. The van der Waals surface area contributed by atoms with Gasteiger partial charge in [0.2, 0.25) is 0 Å². The number of aromatic nitrogens is 1. The standard InChI is InChI=1S/C12H14N2/c1-2-3-9-4-5-12-10(6-9)7-11(13)8-14-12/h4-8H,2-3,13H2,1H3. The van der Waals surface area contributed by atoms with Crippen LogP contribution in [0.4, 0.5) is 5.69 Å². The molecule has 0 saturated heterocycles. The maximum Gasteiger partial charge on any atom is 0.0703 e. The van der Waals surface area contributed by atoms with Crippen LogP contribution in [-0.2, 0) is 6.42 Å². The molecule has 0 aliphatic heterocycles. The van der Waals surface area contributed by atoms with Gasteiger partial charge in [-0.2, -0.15) is 0 Å². The predicted octanol–water partition coefficient (Wildman–Crippen LogP) is 2.77. The highest BCUT2D eigenvalue weighted by atomic mass is 14.7. The average molecular weight is 186 g/mol. The molecule has 14 heavy (non-hydrogen) atoms. The lowest BCUT2D eigenvalue weighted by Gasteiger charge is -2.02. The van der Waals surface area contributed by atoms with Crippen LogP contribution in [0.5, 0.6) is 0 Å². The van der Waals surface area contributed by atoms with Gasteiger partial charge >= 0.3 is 0 Å². The summed E-state index contributed by atoms with van der Waals surface area (Å²) >= 11 is 0. The van der Waals surface area contributed by atoms with E-state index in [9.17, 15) is 0 Å². The van der Waals surface area contributed by atoms with E-state index in [1.165, 1.54) is 12.0 Å². The van der Waals surface area contributed by atoms with E-state index in [2.05, 4.69) is 30.1 Å². The van der Waals surface area contributed by atoms with Gasteiger partial charge in [-0.3, -0.25) is 4.98 Å². The Morgan fingerprint density at radius 2 is 2.14 bits per heavy atom. The van der Waals surface area contributed by atoms with Crippen molar-refractivity contribution in [3.63, 3.8) is 0 Å². The molecule has 0 spiro atoms. The van der Waals surface area contributed by atoms with Crippen molar-refractivity contribution in [2.24, 2.45) is 0 Å². The summed E-state index contributed by atoms with van der Waals surface area (Å²) in [4.78, 5) is 4.26. The van der Waals surface area contributed by atoms with Crippen LogP contribution in [0.15, 0.2) is 30.5 Å². The number of fused-ring (bicyclic) bond motifs is 1. The van der Waals surface area contributed by atoms with Crippen LogP contribution in [0.3, 0.4) is 0 Å². The summed E-state index contributed by atoms with van der Waals surface area (Å²) in [6, 6.07) is 8.33. The molecule has 2 rings (SSSR count).